The van der Waals surface area contributed by atoms with Crippen LogP contribution < -0.4 is 10.6 Å². The fraction of sp³-hybridized carbons (Fsp3) is 0.769. The summed E-state index contributed by atoms with van der Waals surface area (Å²) in [6.45, 7) is 4.07. The van der Waals surface area contributed by atoms with Gasteiger partial charge < -0.3 is 20.5 Å². The molecule has 20 heavy (non-hydrogen) atoms. The van der Waals surface area contributed by atoms with Crippen LogP contribution in [0.25, 0.3) is 0 Å². The van der Waals surface area contributed by atoms with E-state index in [-0.39, 0.29) is 18.4 Å². The van der Waals surface area contributed by atoms with Crippen LogP contribution in [0.1, 0.15) is 33.1 Å². The molecule has 3 N–H and O–H groups in total. The van der Waals surface area contributed by atoms with E-state index < -0.39 is 24.0 Å². The lowest BCUT2D eigenvalue weighted by Crippen LogP contribution is -2.47. The van der Waals surface area contributed by atoms with Crippen molar-refractivity contribution >= 4 is 17.8 Å². The fourth-order valence-electron chi connectivity index (χ4n) is 2.00. The van der Waals surface area contributed by atoms with Gasteiger partial charge >= 0.3 is 5.97 Å². The molecule has 0 unspecified atom stereocenters. The molecule has 1 saturated heterocycles. The van der Waals surface area contributed by atoms with Gasteiger partial charge in [0.15, 0.2) is 0 Å². The lowest BCUT2D eigenvalue weighted by Gasteiger charge is -2.17. The fourth-order valence-corrected chi connectivity index (χ4v) is 2.00. The third kappa shape index (κ3) is 5.56. The minimum Gasteiger partial charge on any atom is -0.480 e. The zero-order chi connectivity index (χ0) is 15.1. The predicted octanol–water partition coefficient (Wildman–Crippen LogP) is -0.103. The maximum Gasteiger partial charge on any atom is 0.326 e. The molecule has 0 aromatic carbocycles. The van der Waals surface area contributed by atoms with E-state index in [1.807, 2.05) is 13.8 Å². The molecule has 1 fully saturated rings. The molecule has 0 aromatic heterocycles. The van der Waals surface area contributed by atoms with Crippen molar-refractivity contribution in [3.05, 3.63) is 0 Å². The first-order valence-corrected chi connectivity index (χ1v) is 6.81. The molecule has 0 saturated carbocycles. The third-order valence-electron chi connectivity index (χ3n) is 2.99. The maximum absolute atomic E-state index is 11.6. The first-order chi connectivity index (χ1) is 9.40. The number of carbonyl (C=O) groups excluding carboxylic acids is 2. The monoisotopic (exact) mass is 286 g/mol. The molecular formula is C13H22N2O5. The van der Waals surface area contributed by atoms with E-state index >= 15 is 0 Å². The van der Waals surface area contributed by atoms with Crippen LogP contribution in [0.15, 0.2) is 0 Å². The summed E-state index contributed by atoms with van der Waals surface area (Å²) in [7, 11) is 0. The summed E-state index contributed by atoms with van der Waals surface area (Å²) in [5.41, 5.74) is 0. The molecule has 0 aromatic rings. The Morgan fingerprint density at radius 3 is 2.55 bits per heavy atom. The van der Waals surface area contributed by atoms with Gasteiger partial charge in [-0.25, -0.2) is 4.79 Å². The van der Waals surface area contributed by atoms with Gasteiger partial charge in [0.05, 0.1) is 6.54 Å². The van der Waals surface area contributed by atoms with Gasteiger partial charge in [-0.2, -0.15) is 0 Å². The number of carboxylic acids is 1. The van der Waals surface area contributed by atoms with Crippen molar-refractivity contribution < 1.29 is 24.2 Å². The number of aliphatic carboxylic acids is 1. The van der Waals surface area contributed by atoms with Crippen molar-refractivity contribution in [2.75, 3.05) is 13.2 Å². The van der Waals surface area contributed by atoms with Crippen LogP contribution in [0.4, 0.5) is 0 Å². The largest absolute Gasteiger partial charge is 0.480 e. The van der Waals surface area contributed by atoms with Crippen LogP contribution in [-0.2, 0) is 19.1 Å². The number of amides is 2. The number of carboxylic acid groups (broad SMARTS) is 1. The van der Waals surface area contributed by atoms with E-state index in [4.69, 9.17) is 9.84 Å². The van der Waals surface area contributed by atoms with Crippen molar-refractivity contribution in [1.29, 1.82) is 0 Å². The van der Waals surface area contributed by atoms with E-state index in [0.29, 0.717) is 19.4 Å². The van der Waals surface area contributed by atoms with Crippen molar-refractivity contribution in [2.24, 2.45) is 5.92 Å². The topological polar surface area (TPSA) is 105 Å². The van der Waals surface area contributed by atoms with Crippen LogP contribution in [0.5, 0.6) is 0 Å². The van der Waals surface area contributed by atoms with Crippen LogP contribution >= 0.6 is 0 Å². The number of carbonyl (C=O) groups is 3. The van der Waals surface area contributed by atoms with Crippen LogP contribution in [0.3, 0.4) is 0 Å². The van der Waals surface area contributed by atoms with E-state index in [9.17, 15) is 14.4 Å². The lowest BCUT2D eigenvalue weighted by atomic mass is 10.0. The standard InChI is InChI=1S/C13H22N2O5/c1-8(2)6-9(13(18)19)15-11(16)7-14-12(17)10-4-3-5-20-10/h8-10H,3-7H2,1-2H3,(H,14,17)(H,15,16)(H,18,19)/t9-,10-/m0/s1. The first-order valence-electron chi connectivity index (χ1n) is 6.81. The number of nitrogens with one attached hydrogen (secondary N) is 2. The Kier molecular flexibility index (Phi) is 6.44. The third-order valence-corrected chi connectivity index (χ3v) is 2.99. The van der Waals surface area contributed by atoms with Crippen molar-refractivity contribution in [3.63, 3.8) is 0 Å². The molecule has 7 heteroatoms. The van der Waals surface area contributed by atoms with E-state index in [1.54, 1.807) is 0 Å². The average Bonchev–Trinajstić information content (AvgIpc) is 2.88. The van der Waals surface area contributed by atoms with Crippen LogP contribution in [0.2, 0.25) is 0 Å². The zero-order valence-electron chi connectivity index (χ0n) is 11.8. The molecule has 1 rings (SSSR count). The lowest BCUT2D eigenvalue weighted by molar-refractivity contribution is -0.142. The summed E-state index contributed by atoms with van der Waals surface area (Å²) in [5, 5.41) is 13.9. The minimum atomic E-state index is -1.07. The molecule has 1 heterocycles. The van der Waals surface area contributed by atoms with Gasteiger partial charge in [-0.05, 0) is 25.2 Å². The van der Waals surface area contributed by atoms with Gasteiger partial charge in [-0.3, -0.25) is 9.59 Å². The SMILES string of the molecule is CC(C)C[C@H](NC(=O)CNC(=O)[C@@H]1CCCO1)C(=O)O. The van der Waals surface area contributed by atoms with Gasteiger partial charge in [0.2, 0.25) is 11.8 Å². The van der Waals surface area contributed by atoms with Crippen molar-refractivity contribution in [1.82, 2.24) is 10.6 Å². The second-order valence-corrected chi connectivity index (χ2v) is 5.31. The smallest absolute Gasteiger partial charge is 0.326 e. The predicted molar refractivity (Wildman–Crippen MR) is 71.0 cm³/mol. The molecule has 1 aliphatic rings. The Balaban J connectivity index is 2.33. The van der Waals surface area contributed by atoms with Gasteiger partial charge in [-0.15, -0.1) is 0 Å². The highest BCUT2D eigenvalue weighted by Crippen LogP contribution is 2.11. The summed E-state index contributed by atoms with van der Waals surface area (Å²) >= 11 is 0. The minimum absolute atomic E-state index is 0.151. The van der Waals surface area contributed by atoms with Gasteiger partial charge in [0.25, 0.3) is 0 Å². The van der Waals surface area contributed by atoms with Crippen LogP contribution in [-0.4, -0.2) is 48.2 Å². The Morgan fingerprint density at radius 2 is 2.05 bits per heavy atom. The number of rotatable bonds is 7. The van der Waals surface area contributed by atoms with Crippen molar-refractivity contribution in [3.8, 4) is 0 Å². The molecule has 0 spiro atoms. The zero-order valence-corrected chi connectivity index (χ0v) is 11.8. The molecular weight excluding hydrogens is 264 g/mol. The quantitative estimate of drug-likeness (QED) is 0.606. The van der Waals surface area contributed by atoms with Gasteiger partial charge in [-0.1, -0.05) is 13.8 Å². The summed E-state index contributed by atoms with van der Waals surface area (Å²) in [6, 6.07) is -0.929. The summed E-state index contributed by atoms with van der Waals surface area (Å²) in [4.78, 5) is 34.2. The molecule has 1 aliphatic heterocycles. The highest BCUT2D eigenvalue weighted by molar-refractivity contribution is 5.89. The molecule has 2 atom stereocenters. The highest BCUT2D eigenvalue weighted by Gasteiger charge is 2.25. The highest BCUT2D eigenvalue weighted by atomic mass is 16.5. The van der Waals surface area contributed by atoms with Crippen molar-refractivity contribution in [2.45, 2.75) is 45.3 Å². The second-order valence-electron chi connectivity index (χ2n) is 5.31. The summed E-state index contributed by atoms with van der Waals surface area (Å²) < 4.78 is 5.18. The molecule has 7 nitrogen and oxygen atoms in total. The van der Waals surface area contributed by atoms with E-state index in [2.05, 4.69) is 10.6 Å². The Hall–Kier alpha value is -1.63. The Morgan fingerprint density at radius 1 is 1.35 bits per heavy atom. The number of hydrogen-bond acceptors (Lipinski definition) is 4. The summed E-state index contributed by atoms with van der Waals surface area (Å²) in [5.74, 6) is -1.76. The van der Waals surface area contributed by atoms with Crippen LogP contribution in [0, 0.1) is 5.92 Å². The van der Waals surface area contributed by atoms with E-state index in [0.717, 1.165) is 6.42 Å². The first kappa shape index (κ1) is 16.4. The molecule has 0 radical (unpaired) electrons. The molecule has 0 aliphatic carbocycles. The second kappa shape index (κ2) is 7.84. The molecule has 114 valence electrons. The normalized spacial score (nSPS) is 19.6. The Bertz CT molecular complexity index is 364. The number of ether oxygens (including phenoxy) is 1. The number of hydrogen-bond donors (Lipinski definition) is 3. The van der Waals surface area contributed by atoms with Gasteiger partial charge in [0, 0.05) is 6.61 Å². The molecule has 0 bridgehead atoms. The maximum atomic E-state index is 11.6. The molecule has 2 amide bonds. The Labute approximate surface area is 118 Å². The van der Waals surface area contributed by atoms with Gasteiger partial charge in [0.1, 0.15) is 12.1 Å². The average molecular weight is 286 g/mol. The van der Waals surface area contributed by atoms with E-state index in [1.165, 1.54) is 0 Å². The summed E-state index contributed by atoms with van der Waals surface area (Å²) in [6.07, 6.45) is 1.34.